The summed E-state index contributed by atoms with van der Waals surface area (Å²) < 4.78 is 29.0. The van der Waals surface area contributed by atoms with Crippen LogP contribution in [0.4, 0.5) is 0 Å². The number of sulfonamides is 1. The molecule has 0 aliphatic carbocycles. The van der Waals surface area contributed by atoms with E-state index in [4.69, 9.17) is 0 Å². The summed E-state index contributed by atoms with van der Waals surface area (Å²) in [6.07, 6.45) is 4.55. The van der Waals surface area contributed by atoms with E-state index in [1.807, 2.05) is 30.8 Å². The molecular weight excluding hydrogens is 364 g/mol. The molecule has 0 saturated carbocycles. The molecule has 0 unspecified atom stereocenters. The van der Waals surface area contributed by atoms with E-state index in [1.165, 1.54) is 0 Å². The topological polar surface area (TPSA) is 100 Å². The van der Waals surface area contributed by atoms with Gasteiger partial charge in [-0.1, -0.05) is 17.7 Å². The van der Waals surface area contributed by atoms with Crippen molar-refractivity contribution < 1.29 is 8.42 Å². The summed E-state index contributed by atoms with van der Waals surface area (Å²) in [6, 6.07) is 8.68. The van der Waals surface area contributed by atoms with Crippen molar-refractivity contribution in [2.75, 3.05) is 26.2 Å². The largest absolute Gasteiger partial charge is 0.357 e. The molecule has 3 N–H and O–H groups in total. The Bertz CT molecular complexity index is 801. The SMILES string of the molecule is CCNC(=NCCCn1cccn1)NCCNS(=O)(=O)c1ccc(C)cc1. The van der Waals surface area contributed by atoms with Crippen LogP contribution in [-0.4, -0.2) is 50.3 Å². The van der Waals surface area contributed by atoms with Gasteiger partial charge in [-0.15, -0.1) is 0 Å². The van der Waals surface area contributed by atoms with Crippen molar-refractivity contribution in [1.29, 1.82) is 0 Å². The Morgan fingerprint density at radius 3 is 2.63 bits per heavy atom. The Morgan fingerprint density at radius 1 is 1.19 bits per heavy atom. The molecule has 9 heteroatoms. The number of nitrogens with one attached hydrogen (secondary N) is 3. The summed E-state index contributed by atoms with van der Waals surface area (Å²) in [5.74, 6) is 0.674. The lowest BCUT2D eigenvalue weighted by Crippen LogP contribution is -2.41. The summed E-state index contributed by atoms with van der Waals surface area (Å²) in [4.78, 5) is 4.76. The third-order valence-electron chi connectivity index (χ3n) is 3.76. The summed E-state index contributed by atoms with van der Waals surface area (Å²) in [5.41, 5.74) is 1.02. The molecule has 148 valence electrons. The average Bonchev–Trinajstić information content (AvgIpc) is 3.16. The van der Waals surface area contributed by atoms with Crippen molar-refractivity contribution in [2.24, 2.45) is 4.99 Å². The number of guanidine groups is 1. The number of rotatable bonds is 10. The van der Waals surface area contributed by atoms with Crippen LogP contribution in [0, 0.1) is 6.92 Å². The van der Waals surface area contributed by atoms with Crippen LogP contribution in [0.3, 0.4) is 0 Å². The Kier molecular flexibility index (Phi) is 8.28. The van der Waals surface area contributed by atoms with Gasteiger partial charge in [-0.3, -0.25) is 9.67 Å². The fourth-order valence-electron chi connectivity index (χ4n) is 2.37. The van der Waals surface area contributed by atoms with Gasteiger partial charge in [-0.2, -0.15) is 5.10 Å². The molecule has 2 rings (SSSR count). The van der Waals surface area contributed by atoms with Gasteiger partial charge in [-0.05, 0) is 38.5 Å². The van der Waals surface area contributed by atoms with E-state index in [9.17, 15) is 8.42 Å². The second-order valence-corrected chi connectivity index (χ2v) is 7.79. The van der Waals surface area contributed by atoms with Crippen molar-refractivity contribution in [2.45, 2.75) is 31.7 Å². The molecule has 2 aromatic rings. The number of benzene rings is 1. The van der Waals surface area contributed by atoms with E-state index in [0.29, 0.717) is 19.0 Å². The second-order valence-electron chi connectivity index (χ2n) is 6.02. The Labute approximate surface area is 161 Å². The van der Waals surface area contributed by atoms with Crippen molar-refractivity contribution in [3.63, 3.8) is 0 Å². The number of nitrogens with zero attached hydrogens (tertiary/aromatic N) is 3. The smallest absolute Gasteiger partial charge is 0.240 e. The molecular formula is C18H28N6O2S. The van der Waals surface area contributed by atoms with Crippen molar-refractivity contribution >= 4 is 16.0 Å². The van der Waals surface area contributed by atoms with Gasteiger partial charge in [0.15, 0.2) is 5.96 Å². The fourth-order valence-corrected chi connectivity index (χ4v) is 3.40. The molecule has 0 saturated heterocycles. The van der Waals surface area contributed by atoms with E-state index < -0.39 is 10.0 Å². The van der Waals surface area contributed by atoms with Crippen LogP contribution in [0.15, 0.2) is 52.6 Å². The van der Waals surface area contributed by atoms with Gasteiger partial charge < -0.3 is 10.6 Å². The van der Waals surface area contributed by atoms with Crippen LogP contribution in [0.2, 0.25) is 0 Å². The van der Waals surface area contributed by atoms with Crippen molar-refractivity contribution in [3.8, 4) is 0 Å². The zero-order valence-corrected chi connectivity index (χ0v) is 16.7. The highest BCUT2D eigenvalue weighted by Crippen LogP contribution is 2.09. The number of aliphatic imine (C=N–C) groups is 1. The third kappa shape index (κ3) is 7.40. The van der Waals surface area contributed by atoms with Gasteiger partial charge in [0.05, 0.1) is 4.90 Å². The van der Waals surface area contributed by atoms with E-state index >= 15 is 0 Å². The van der Waals surface area contributed by atoms with Crippen molar-refractivity contribution in [3.05, 3.63) is 48.3 Å². The first-order valence-corrected chi connectivity index (χ1v) is 10.6. The Balaban J connectivity index is 1.74. The van der Waals surface area contributed by atoms with Crippen molar-refractivity contribution in [1.82, 2.24) is 25.1 Å². The highest BCUT2D eigenvalue weighted by Gasteiger charge is 2.12. The van der Waals surface area contributed by atoms with Gasteiger partial charge in [0.25, 0.3) is 0 Å². The molecule has 0 atom stereocenters. The first kappa shape index (κ1) is 20.9. The number of hydrogen-bond acceptors (Lipinski definition) is 4. The van der Waals surface area contributed by atoms with Gasteiger partial charge in [0, 0.05) is 45.1 Å². The lowest BCUT2D eigenvalue weighted by molar-refractivity contribution is 0.579. The molecule has 0 radical (unpaired) electrons. The van der Waals surface area contributed by atoms with Crippen LogP contribution in [-0.2, 0) is 16.6 Å². The average molecular weight is 393 g/mol. The van der Waals surface area contributed by atoms with Gasteiger partial charge in [0.2, 0.25) is 10.0 Å². The van der Waals surface area contributed by atoms with Gasteiger partial charge in [0.1, 0.15) is 0 Å². The number of hydrogen-bond donors (Lipinski definition) is 3. The molecule has 1 aromatic heterocycles. The lowest BCUT2D eigenvalue weighted by atomic mass is 10.2. The number of aryl methyl sites for hydroxylation is 2. The standard InChI is InChI=1S/C18H28N6O2S/c1-3-19-18(20-10-4-14-24-15-5-11-22-24)21-12-13-23-27(25,26)17-8-6-16(2)7-9-17/h5-9,11,15,23H,3-4,10,12-14H2,1-2H3,(H2,19,20,21). The van der Waals surface area contributed by atoms with Crippen LogP contribution >= 0.6 is 0 Å². The van der Waals surface area contributed by atoms with Gasteiger partial charge in [-0.25, -0.2) is 13.1 Å². The molecule has 1 heterocycles. The normalized spacial score (nSPS) is 12.1. The third-order valence-corrected chi connectivity index (χ3v) is 5.24. The monoisotopic (exact) mass is 392 g/mol. The zero-order chi connectivity index (χ0) is 19.5. The summed E-state index contributed by atoms with van der Waals surface area (Å²) in [7, 11) is -3.49. The van der Waals surface area contributed by atoms with Crippen LogP contribution in [0.25, 0.3) is 0 Å². The quantitative estimate of drug-likeness (QED) is 0.320. The minimum Gasteiger partial charge on any atom is -0.357 e. The minimum absolute atomic E-state index is 0.271. The number of aromatic nitrogens is 2. The molecule has 0 fully saturated rings. The van der Waals surface area contributed by atoms with Crippen LogP contribution < -0.4 is 15.4 Å². The predicted octanol–water partition coefficient (Wildman–Crippen LogP) is 1.12. The summed E-state index contributed by atoms with van der Waals surface area (Å²) >= 11 is 0. The minimum atomic E-state index is -3.49. The first-order chi connectivity index (χ1) is 13.0. The van der Waals surface area contributed by atoms with E-state index in [0.717, 1.165) is 25.1 Å². The molecule has 0 amide bonds. The molecule has 0 spiro atoms. The predicted molar refractivity (Wildman–Crippen MR) is 107 cm³/mol. The molecule has 8 nitrogen and oxygen atoms in total. The van der Waals surface area contributed by atoms with Gasteiger partial charge >= 0.3 is 0 Å². The zero-order valence-electron chi connectivity index (χ0n) is 15.9. The molecule has 27 heavy (non-hydrogen) atoms. The molecule has 1 aromatic carbocycles. The maximum absolute atomic E-state index is 12.2. The second kappa shape index (κ2) is 10.7. The summed E-state index contributed by atoms with van der Waals surface area (Å²) in [5, 5.41) is 10.4. The van der Waals surface area contributed by atoms with E-state index in [-0.39, 0.29) is 11.4 Å². The van der Waals surface area contributed by atoms with Crippen LogP contribution in [0.5, 0.6) is 0 Å². The Morgan fingerprint density at radius 2 is 1.96 bits per heavy atom. The van der Waals surface area contributed by atoms with E-state index in [2.05, 4.69) is 25.4 Å². The Hall–Kier alpha value is -2.39. The maximum atomic E-state index is 12.2. The fraction of sp³-hybridized carbons (Fsp3) is 0.444. The molecule has 0 aliphatic rings. The summed E-state index contributed by atoms with van der Waals surface area (Å²) in [6.45, 7) is 6.83. The van der Waals surface area contributed by atoms with E-state index in [1.54, 1.807) is 30.5 Å². The maximum Gasteiger partial charge on any atom is 0.240 e. The van der Waals surface area contributed by atoms with Crippen LogP contribution in [0.1, 0.15) is 18.9 Å². The lowest BCUT2D eigenvalue weighted by Gasteiger charge is -2.12. The highest BCUT2D eigenvalue weighted by molar-refractivity contribution is 7.89. The molecule has 0 bridgehead atoms. The highest BCUT2D eigenvalue weighted by atomic mass is 32.2. The molecule has 0 aliphatic heterocycles. The first-order valence-electron chi connectivity index (χ1n) is 9.07.